The molecule has 2 aliphatic rings. The number of nitrogens with zero attached hydrogens (tertiary/aromatic N) is 4. The number of imidazole rings is 1. The molecule has 1 saturated heterocycles. The number of likely N-dealkylation sites (tertiary alicyclic amines) is 1. The Morgan fingerprint density at radius 1 is 1.19 bits per heavy atom. The Labute approximate surface area is 152 Å². The van der Waals surface area contributed by atoms with Gasteiger partial charge in [-0.2, -0.15) is 4.31 Å². The van der Waals surface area contributed by atoms with Crippen LogP contribution in [-0.2, 0) is 22.0 Å². The van der Waals surface area contributed by atoms with Gasteiger partial charge in [-0.3, -0.25) is 9.78 Å². The molecule has 26 heavy (non-hydrogen) atoms. The van der Waals surface area contributed by atoms with Crippen LogP contribution in [0.1, 0.15) is 34.6 Å². The molecule has 1 spiro atoms. The van der Waals surface area contributed by atoms with Gasteiger partial charge in [0.05, 0.1) is 23.8 Å². The Bertz CT molecular complexity index is 917. The average Bonchev–Trinajstić information content (AvgIpc) is 3.12. The zero-order valence-electron chi connectivity index (χ0n) is 14.6. The van der Waals surface area contributed by atoms with Gasteiger partial charge in [-0.15, -0.1) is 0 Å². The molecule has 8 nitrogen and oxygen atoms in total. The number of carbonyl (C=O) groups excluding carboxylic acids is 1. The molecule has 1 N–H and O–H groups in total. The van der Waals surface area contributed by atoms with Crippen LogP contribution in [0.25, 0.3) is 0 Å². The van der Waals surface area contributed by atoms with E-state index in [1.807, 2.05) is 0 Å². The van der Waals surface area contributed by atoms with Gasteiger partial charge < -0.3 is 9.88 Å². The number of carbonyl (C=O) groups is 1. The third kappa shape index (κ3) is 2.71. The van der Waals surface area contributed by atoms with E-state index < -0.39 is 15.6 Å². The van der Waals surface area contributed by atoms with Crippen LogP contribution < -0.4 is 0 Å². The average molecular weight is 375 g/mol. The second-order valence-corrected chi connectivity index (χ2v) is 8.78. The lowest BCUT2D eigenvalue weighted by atomic mass is 9.80. The van der Waals surface area contributed by atoms with E-state index in [2.05, 4.69) is 15.0 Å². The summed E-state index contributed by atoms with van der Waals surface area (Å²) < 4.78 is 26.4. The highest BCUT2D eigenvalue weighted by Crippen LogP contribution is 2.43. The maximum atomic E-state index is 12.7. The van der Waals surface area contributed by atoms with Gasteiger partial charge >= 0.3 is 0 Å². The fourth-order valence-corrected chi connectivity index (χ4v) is 5.51. The van der Waals surface area contributed by atoms with Crippen molar-refractivity contribution in [2.45, 2.75) is 24.8 Å². The fourth-order valence-electron chi connectivity index (χ4n) is 4.18. The zero-order valence-corrected chi connectivity index (χ0v) is 15.4. The predicted molar refractivity (Wildman–Crippen MR) is 94.9 cm³/mol. The number of amides is 1. The molecule has 0 unspecified atom stereocenters. The Kier molecular flexibility index (Phi) is 4.07. The lowest BCUT2D eigenvalue weighted by molar-refractivity contribution is 0.0463. The number of rotatable bonds is 2. The van der Waals surface area contributed by atoms with Gasteiger partial charge in [0, 0.05) is 49.7 Å². The number of aromatic nitrogens is 3. The van der Waals surface area contributed by atoms with Crippen molar-refractivity contribution in [3.63, 3.8) is 0 Å². The summed E-state index contributed by atoms with van der Waals surface area (Å²) in [7, 11) is -3.38. The van der Waals surface area contributed by atoms with Crippen molar-refractivity contribution in [2.75, 3.05) is 25.9 Å². The second-order valence-electron chi connectivity index (χ2n) is 6.87. The molecular weight excluding hydrogens is 354 g/mol. The van der Waals surface area contributed by atoms with Gasteiger partial charge in [0.15, 0.2) is 0 Å². The minimum atomic E-state index is -3.38. The van der Waals surface area contributed by atoms with Crippen LogP contribution in [0.5, 0.6) is 0 Å². The van der Waals surface area contributed by atoms with E-state index in [-0.39, 0.29) is 5.91 Å². The maximum absolute atomic E-state index is 12.7. The first kappa shape index (κ1) is 17.2. The summed E-state index contributed by atoms with van der Waals surface area (Å²) in [5.41, 5.74) is 1.74. The molecule has 1 fully saturated rings. The number of nitrogens with one attached hydrogen (secondary N) is 1. The molecule has 2 aromatic rings. The minimum Gasteiger partial charge on any atom is -0.348 e. The van der Waals surface area contributed by atoms with E-state index in [4.69, 9.17) is 0 Å². The van der Waals surface area contributed by atoms with Crippen LogP contribution in [-0.4, -0.2) is 64.4 Å². The highest BCUT2D eigenvalue weighted by Gasteiger charge is 2.50. The standard InChI is InChI=1S/C17H21N5O3S/c1-26(24,25)22-9-4-14-15(20-12-19-14)17(22)5-10-21(11-6-17)16(23)13-2-7-18-8-3-13/h2-3,7-8,12H,4-6,9-11H2,1H3,(H,19,20). The van der Waals surface area contributed by atoms with Gasteiger partial charge in [-0.05, 0) is 25.0 Å². The molecule has 0 aromatic carbocycles. The van der Waals surface area contributed by atoms with Crippen LogP contribution in [0.4, 0.5) is 0 Å². The van der Waals surface area contributed by atoms with Crippen molar-refractivity contribution in [1.82, 2.24) is 24.2 Å². The second kappa shape index (κ2) is 6.17. The number of H-pyrrole nitrogens is 1. The highest BCUT2D eigenvalue weighted by molar-refractivity contribution is 7.88. The van der Waals surface area contributed by atoms with Gasteiger partial charge in [0.25, 0.3) is 5.91 Å². The first-order valence-corrected chi connectivity index (χ1v) is 10.5. The smallest absolute Gasteiger partial charge is 0.253 e. The number of pyridine rings is 1. The van der Waals surface area contributed by atoms with Crippen LogP contribution in [0, 0.1) is 0 Å². The maximum Gasteiger partial charge on any atom is 0.253 e. The van der Waals surface area contributed by atoms with E-state index in [1.54, 1.807) is 40.1 Å². The first-order valence-electron chi connectivity index (χ1n) is 8.62. The SMILES string of the molecule is CS(=O)(=O)N1CCc2[nH]cnc2C12CCN(C(=O)c1ccncc1)CC2. The molecule has 1 amide bonds. The first-order chi connectivity index (χ1) is 12.4. The van der Waals surface area contributed by atoms with Crippen LogP contribution >= 0.6 is 0 Å². The van der Waals surface area contributed by atoms with Crippen LogP contribution in [0.15, 0.2) is 30.9 Å². The van der Waals surface area contributed by atoms with Crippen LogP contribution in [0.2, 0.25) is 0 Å². The molecule has 138 valence electrons. The number of fused-ring (bicyclic) bond motifs is 2. The normalized spacial score (nSPS) is 20.1. The molecule has 0 radical (unpaired) electrons. The van der Waals surface area contributed by atoms with E-state index in [0.717, 1.165) is 11.4 Å². The molecule has 2 aliphatic heterocycles. The summed E-state index contributed by atoms with van der Waals surface area (Å²) in [6.45, 7) is 1.41. The molecular formula is C17H21N5O3S. The van der Waals surface area contributed by atoms with Gasteiger partial charge in [0.1, 0.15) is 0 Å². The molecule has 4 rings (SSSR count). The number of hydrogen-bond donors (Lipinski definition) is 1. The quantitative estimate of drug-likeness (QED) is 0.835. The largest absolute Gasteiger partial charge is 0.348 e. The van der Waals surface area contributed by atoms with Gasteiger partial charge in [-0.1, -0.05) is 0 Å². The van der Waals surface area contributed by atoms with Crippen molar-refractivity contribution in [3.05, 3.63) is 47.8 Å². The molecule has 0 atom stereocenters. The van der Waals surface area contributed by atoms with Crippen LogP contribution in [0.3, 0.4) is 0 Å². The summed E-state index contributed by atoms with van der Waals surface area (Å²) in [4.78, 5) is 26.0. The Morgan fingerprint density at radius 3 is 2.54 bits per heavy atom. The lowest BCUT2D eigenvalue weighted by Crippen LogP contribution is -2.58. The number of aromatic amines is 1. The van der Waals surface area contributed by atoms with Gasteiger partial charge in [0.2, 0.25) is 10.0 Å². The molecule has 9 heteroatoms. The molecule has 2 aromatic heterocycles. The van der Waals surface area contributed by atoms with Crippen molar-refractivity contribution >= 4 is 15.9 Å². The van der Waals surface area contributed by atoms with Crippen molar-refractivity contribution < 1.29 is 13.2 Å². The van der Waals surface area contributed by atoms with Gasteiger partial charge in [-0.25, -0.2) is 13.4 Å². The minimum absolute atomic E-state index is 0.0498. The van der Waals surface area contributed by atoms with E-state index >= 15 is 0 Å². The third-order valence-corrected chi connectivity index (χ3v) is 6.74. The monoisotopic (exact) mass is 375 g/mol. The topological polar surface area (TPSA) is 99.3 Å². The van der Waals surface area contributed by atoms with Crippen molar-refractivity contribution in [1.29, 1.82) is 0 Å². The Balaban J connectivity index is 1.63. The van der Waals surface area contributed by atoms with E-state index in [9.17, 15) is 13.2 Å². The summed E-state index contributed by atoms with van der Waals surface area (Å²) in [5, 5.41) is 0. The van der Waals surface area contributed by atoms with E-state index in [1.165, 1.54) is 6.26 Å². The Morgan fingerprint density at radius 2 is 1.88 bits per heavy atom. The molecule has 4 heterocycles. The van der Waals surface area contributed by atoms with E-state index in [0.29, 0.717) is 44.5 Å². The Hall–Kier alpha value is -2.26. The summed E-state index contributed by atoms with van der Waals surface area (Å²) in [6.07, 6.45) is 7.78. The predicted octanol–water partition coefficient (Wildman–Crippen LogP) is 0.754. The summed E-state index contributed by atoms with van der Waals surface area (Å²) in [6, 6.07) is 3.39. The summed E-state index contributed by atoms with van der Waals surface area (Å²) >= 11 is 0. The summed E-state index contributed by atoms with van der Waals surface area (Å²) in [5.74, 6) is -0.0498. The molecule has 0 saturated carbocycles. The van der Waals surface area contributed by atoms with Crippen molar-refractivity contribution in [3.8, 4) is 0 Å². The molecule has 0 aliphatic carbocycles. The number of hydrogen-bond acceptors (Lipinski definition) is 5. The highest BCUT2D eigenvalue weighted by atomic mass is 32.2. The lowest BCUT2D eigenvalue weighted by Gasteiger charge is -2.49. The molecule has 0 bridgehead atoms. The third-order valence-electron chi connectivity index (χ3n) is 5.41. The fraction of sp³-hybridized carbons (Fsp3) is 0.471. The van der Waals surface area contributed by atoms with Crippen molar-refractivity contribution in [2.24, 2.45) is 0 Å². The number of sulfonamides is 1. The zero-order chi connectivity index (χ0) is 18.4. The number of piperidine rings is 1.